The van der Waals surface area contributed by atoms with Crippen LogP contribution in [0.4, 0.5) is 0 Å². The van der Waals surface area contributed by atoms with E-state index in [0.717, 1.165) is 24.5 Å². The summed E-state index contributed by atoms with van der Waals surface area (Å²) in [5, 5.41) is 0. The largest absolute Gasteiger partial charge is 0.294 e. The fourth-order valence-corrected chi connectivity index (χ4v) is 4.20. The molecule has 94 valence electrons. The van der Waals surface area contributed by atoms with E-state index in [1.54, 1.807) is 12.2 Å². The zero-order chi connectivity index (χ0) is 13.3. The molecule has 2 heteroatoms. The molecule has 0 fully saturated rings. The predicted octanol–water partition coefficient (Wildman–Crippen LogP) is 4.36. The number of ketones is 1. The first kappa shape index (κ1) is 14.2. The Morgan fingerprint density at radius 3 is 2.53 bits per heavy atom. The Bertz CT molecular complexity index is 384. The quantitative estimate of drug-likeness (QED) is 0.522. The number of hydrogen-bond acceptors (Lipinski definition) is 1. The SMILES string of the molecule is C=CC1=CC(=O)[C@@](C)(CC(=C)C[Si](C)(C)C)C1. The van der Waals surface area contributed by atoms with Crippen LogP contribution in [-0.4, -0.2) is 13.9 Å². The monoisotopic (exact) mass is 248 g/mol. The third-order valence-corrected chi connectivity index (χ3v) is 4.75. The van der Waals surface area contributed by atoms with E-state index in [2.05, 4.69) is 39.7 Å². The van der Waals surface area contributed by atoms with Crippen LogP contribution in [0.2, 0.25) is 25.7 Å². The topological polar surface area (TPSA) is 17.1 Å². The summed E-state index contributed by atoms with van der Waals surface area (Å²) in [4.78, 5) is 12.0. The summed E-state index contributed by atoms with van der Waals surface area (Å²) in [6, 6.07) is 1.11. The lowest BCUT2D eigenvalue weighted by molar-refractivity contribution is -0.121. The molecule has 0 saturated carbocycles. The molecule has 0 aliphatic heterocycles. The van der Waals surface area contributed by atoms with Crippen LogP contribution in [0, 0.1) is 5.41 Å². The fraction of sp³-hybridized carbons (Fsp3) is 0.533. The van der Waals surface area contributed by atoms with Gasteiger partial charge in [0.2, 0.25) is 0 Å². The standard InChI is InChI=1S/C15H24OSi/c1-7-13-8-14(16)15(3,10-13)9-12(2)11-17(4,5)6/h7-8H,1-2,9-11H2,3-6H3/t15-/m0/s1. The van der Waals surface area contributed by atoms with Crippen LogP contribution in [0.1, 0.15) is 19.8 Å². The van der Waals surface area contributed by atoms with Gasteiger partial charge in [0.05, 0.1) is 0 Å². The minimum Gasteiger partial charge on any atom is -0.294 e. The summed E-state index contributed by atoms with van der Waals surface area (Å²) in [5.41, 5.74) is 2.04. The average Bonchev–Trinajstić information content (AvgIpc) is 2.38. The maximum atomic E-state index is 12.0. The summed E-state index contributed by atoms with van der Waals surface area (Å²) in [5.74, 6) is 0.240. The first-order chi connectivity index (χ1) is 7.66. The highest BCUT2D eigenvalue weighted by Gasteiger charge is 2.37. The van der Waals surface area contributed by atoms with Crippen molar-refractivity contribution in [1.82, 2.24) is 0 Å². The predicted molar refractivity (Wildman–Crippen MR) is 77.9 cm³/mol. The lowest BCUT2D eigenvalue weighted by Crippen LogP contribution is -2.26. The van der Waals surface area contributed by atoms with E-state index in [4.69, 9.17) is 0 Å². The lowest BCUT2D eigenvalue weighted by Gasteiger charge is -2.26. The first-order valence-corrected chi connectivity index (χ1v) is 9.91. The molecule has 0 heterocycles. The molecule has 1 rings (SSSR count). The molecule has 17 heavy (non-hydrogen) atoms. The van der Waals surface area contributed by atoms with Gasteiger partial charge in [-0.15, -0.1) is 6.58 Å². The highest BCUT2D eigenvalue weighted by molar-refractivity contribution is 6.76. The molecule has 0 bridgehead atoms. The molecule has 1 atom stereocenters. The van der Waals surface area contributed by atoms with Gasteiger partial charge in [0, 0.05) is 13.5 Å². The van der Waals surface area contributed by atoms with E-state index in [-0.39, 0.29) is 11.2 Å². The summed E-state index contributed by atoms with van der Waals surface area (Å²) in [6.45, 7) is 17.0. The molecule has 1 aliphatic carbocycles. The second kappa shape index (κ2) is 4.77. The van der Waals surface area contributed by atoms with Crippen LogP contribution in [0.15, 0.2) is 36.5 Å². The second-order valence-corrected chi connectivity index (χ2v) is 12.2. The lowest BCUT2D eigenvalue weighted by atomic mass is 9.80. The van der Waals surface area contributed by atoms with E-state index >= 15 is 0 Å². The smallest absolute Gasteiger partial charge is 0.162 e. The van der Waals surface area contributed by atoms with Gasteiger partial charge in [-0.1, -0.05) is 44.8 Å². The van der Waals surface area contributed by atoms with Crippen LogP contribution in [0.3, 0.4) is 0 Å². The minimum absolute atomic E-state index is 0.240. The molecular formula is C15H24OSi. The van der Waals surface area contributed by atoms with Gasteiger partial charge in [-0.25, -0.2) is 0 Å². The summed E-state index contributed by atoms with van der Waals surface area (Å²) >= 11 is 0. The van der Waals surface area contributed by atoms with E-state index < -0.39 is 8.07 Å². The van der Waals surface area contributed by atoms with Crippen molar-refractivity contribution in [3.8, 4) is 0 Å². The summed E-state index contributed by atoms with van der Waals surface area (Å²) < 4.78 is 0. The number of hydrogen-bond donors (Lipinski definition) is 0. The van der Waals surface area contributed by atoms with Crippen LogP contribution in [0.25, 0.3) is 0 Å². The van der Waals surface area contributed by atoms with Crippen molar-refractivity contribution in [1.29, 1.82) is 0 Å². The van der Waals surface area contributed by atoms with Crippen molar-refractivity contribution < 1.29 is 4.79 Å². The van der Waals surface area contributed by atoms with Crippen LogP contribution >= 0.6 is 0 Å². The Hall–Kier alpha value is -0.893. The van der Waals surface area contributed by atoms with Crippen molar-refractivity contribution >= 4 is 13.9 Å². The number of carbonyl (C=O) groups excluding carboxylic acids is 1. The van der Waals surface area contributed by atoms with Crippen molar-refractivity contribution in [3.63, 3.8) is 0 Å². The van der Waals surface area contributed by atoms with Gasteiger partial charge < -0.3 is 0 Å². The van der Waals surface area contributed by atoms with Crippen molar-refractivity contribution in [3.05, 3.63) is 36.5 Å². The van der Waals surface area contributed by atoms with Crippen molar-refractivity contribution in [2.24, 2.45) is 5.41 Å². The van der Waals surface area contributed by atoms with Gasteiger partial charge in [-0.3, -0.25) is 4.79 Å². The normalized spacial score (nSPS) is 24.7. The number of allylic oxidation sites excluding steroid dienone is 4. The molecule has 1 nitrogen and oxygen atoms in total. The Kier molecular flexibility index (Phi) is 3.98. The molecule has 0 aromatic carbocycles. The minimum atomic E-state index is -1.12. The Balaban J connectivity index is 2.67. The fourth-order valence-electron chi connectivity index (χ4n) is 2.58. The highest BCUT2D eigenvalue weighted by atomic mass is 28.3. The number of carbonyl (C=O) groups is 1. The van der Waals surface area contributed by atoms with Gasteiger partial charge >= 0.3 is 0 Å². The highest BCUT2D eigenvalue weighted by Crippen LogP contribution is 2.40. The van der Waals surface area contributed by atoms with Crippen LogP contribution < -0.4 is 0 Å². The maximum absolute atomic E-state index is 12.0. The van der Waals surface area contributed by atoms with Crippen LogP contribution in [0.5, 0.6) is 0 Å². The maximum Gasteiger partial charge on any atom is 0.162 e. The van der Waals surface area contributed by atoms with Gasteiger partial charge in [0.15, 0.2) is 5.78 Å². The van der Waals surface area contributed by atoms with Crippen molar-refractivity contribution in [2.45, 2.75) is 45.5 Å². The van der Waals surface area contributed by atoms with E-state index in [0.29, 0.717) is 0 Å². The molecule has 0 spiro atoms. The van der Waals surface area contributed by atoms with Gasteiger partial charge in [-0.2, -0.15) is 0 Å². The van der Waals surface area contributed by atoms with E-state index in [1.165, 1.54) is 5.57 Å². The first-order valence-electron chi connectivity index (χ1n) is 6.20. The van der Waals surface area contributed by atoms with Gasteiger partial charge in [0.25, 0.3) is 0 Å². The summed E-state index contributed by atoms with van der Waals surface area (Å²) in [6.07, 6.45) is 5.18. The molecule has 0 radical (unpaired) electrons. The second-order valence-electron chi connectivity index (χ2n) is 6.69. The number of rotatable bonds is 5. The molecular weight excluding hydrogens is 224 g/mol. The molecule has 0 unspecified atom stereocenters. The van der Waals surface area contributed by atoms with Gasteiger partial charge in [-0.05, 0) is 30.5 Å². The molecule has 1 aliphatic rings. The zero-order valence-corrected chi connectivity index (χ0v) is 12.6. The zero-order valence-electron chi connectivity index (χ0n) is 11.6. The Morgan fingerprint density at radius 2 is 2.12 bits per heavy atom. The third-order valence-electron chi connectivity index (χ3n) is 3.19. The van der Waals surface area contributed by atoms with Gasteiger partial charge in [0.1, 0.15) is 0 Å². The molecule has 0 N–H and O–H groups in total. The third kappa shape index (κ3) is 3.81. The molecule has 0 aromatic heterocycles. The van der Waals surface area contributed by atoms with Crippen molar-refractivity contribution in [2.75, 3.05) is 0 Å². The van der Waals surface area contributed by atoms with Crippen LogP contribution in [-0.2, 0) is 4.79 Å². The van der Waals surface area contributed by atoms with E-state index in [1.807, 2.05) is 0 Å². The van der Waals surface area contributed by atoms with E-state index in [9.17, 15) is 4.79 Å². The Labute approximate surface area is 106 Å². The summed E-state index contributed by atoms with van der Waals surface area (Å²) in [7, 11) is -1.12. The molecule has 0 aromatic rings. The Morgan fingerprint density at radius 1 is 1.53 bits per heavy atom. The molecule has 0 saturated heterocycles. The molecule has 0 amide bonds. The average molecular weight is 248 g/mol.